The van der Waals surface area contributed by atoms with Crippen molar-refractivity contribution in [2.24, 2.45) is 0 Å². The van der Waals surface area contributed by atoms with E-state index in [-0.39, 0.29) is 0 Å². The predicted octanol–water partition coefficient (Wildman–Crippen LogP) is 3.53. The van der Waals surface area contributed by atoms with Gasteiger partial charge in [-0.2, -0.15) is 0 Å². The molecule has 1 nitrogen and oxygen atoms in total. The fraction of sp³-hybridized carbons (Fsp3) is 0. The van der Waals surface area contributed by atoms with E-state index >= 15 is 0 Å². The zero-order chi connectivity index (χ0) is 10.5. The van der Waals surface area contributed by atoms with Gasteiger partial charge in [-0.3, -0.25) is 0 Å². The summed E-state index contributed by atoms with van der Waals surface area (Å²) in [6, 6.07) is 15.2. The molecule has 2 heteroatoms. The van der Waals surface area contributed by atoms with Gasteiger partial charge < -0.3 is 0 Å². The Hall–Kier alpha value is -1.50. The van der Waals surface area contributed by atoms with E-state index in [9.17, 15) is 0 Å². The third-order valence-electron chi connectivity index (χ3n) is 3.10. The Labute approximate surface area is 98.4 Å². The van der Waals surface area contributed by atoms with Crippen LogP contribution in [0, 0.1) is 0 Å². The van der Waals surface area contributed by atoms with Crippen molar-refractivity contribution in [2.45, 2.75) is 0 Å². The molecular formula is C14H9NSe. The van der Waals surface area contributed by atoms with Gasteiger partial charge in [0, 0.05) is 0 Å². The Morgan fingerprint density at radius 3 is 2.81 bits per heavy atom. The number of fused-ring (bicyclic) bond motifs is 5. The first-order chi connectivity index (χ1) is 7.93. The molecule has 0 aliphatic rings. The van der Waals surface area contributed by atoms with E-state index in [4.69, 9.17) is 0 Å². The standard InChI is InChI=1S/C14H9NSe/c1-2-4-12-10(3-1)11-6-5-9-7-8-16-14(9)13(11)15-12/h1-8,15H. The van der Waals surface area contributed by atoms with Crippen molar-refractivity contribution in [3.05, 3.63) is 47.4 Å². The van der Waals surface area contributed by atoms with Crippen LogP contribution < -0.4 is 0 Å². The second kappa shape index (κ2) is 3.00. The number of aromatic nitrogens is 1. The van der Waals surface area contributed by atoms with Crippen LogP contribution in [0.25, 0.3) is 31.5 Å². The van der Waals surface area contributed by atoms with E-state index in [1.165, 1.54) is 31.5 Å². The van der Waals surface area contributed by atoms with E-state index in [0.29, 0.717) is 14.5 Å². The summed E-state index contributed by atoms with van der Waals surface area (Å²) < 4.78 is 1.50. The molecule has 0 atom stereocenters. The third kappa shape index (κ3) is 1.01. The van der Waals surface area contributed by atoms with Crippen LogP contribution in [-0.4, -0.2) is 19.5 Å². The van der Waals surface area contributed by atoms with Crippen molar-refractivity contribution in [3.63, 3.8) is 0 Å². The van der Waals surface area contributed by atoms with Crippen molar-refractivity contribution < 1.29 is 0 Å². The van der Waals surface area contributed by atoms with Gasteiger partial charge in [0.2, 0.25) is 0 Å². The van der Waals surface area contributed by atoms with Crippen LogP contribution in [-0.2, 0) is 0 Å². The van der Waals surface area contributed by atoms with E-state index in [1.54, 1.807) is 0 Å². The average molecular weight is 270 g/mol. The normalized spacial score (nSPS) is 11.8. The molecule has 0 amide bonds. The van der Waals surface area contributed by atoms with Crippen LogP contribution in [0.2, 0.25) is 0 Å². The summed E-state index contributed by atoms with van der Waals surface area (Å²) in [5.74, 6) is 0. The van der Waals surface area contributed by atoms with E-state index in [2.05, 4.69) is 52.4 Å². The maximum atomic E-state index is 3.55. The summed E-state index contributed by atoms with van der Waals surface area (Å²) >= 11 is 0.496. The van der Waals surface area contributed by atoms with Crippen LogP contribution in [0.3, 0.4) is 0 Å². The van der Waals surface area contributed by atoms with Crippen LogP contribution in [0.5, 0.6) is 0 Å². The fourth-order valence-electron chi connectivity index (χ4n) is 2.34. The third-order valence-corrected chi connectivity index (χ3v) is 5.09. The van der Waals surface area contributed by atoms with Crippen LogP contribution >= 0.6 is 0 Å². The summed E-state index contributed by atoms with van der Waals surface area (Å²) in [6.07, 6.45) is 0. The molecule has 76 valence electrons. The predicted molar refractivity (Wildman–Crippen MR) is 70.3 cm³/mol. The molecule has 2 aromatic heterocycles. The van der Waals surface area contributed by atoms with Gasteiger partial charge in [-0.1, -0.05) is 0 Å². The second-order valence-corrected chi connectivity index (χ2v) is 5.92. The Bertz CT molecular complexity index is 807. The molecule has 0 spiro atoms. The zero-order valence-electron chi connectivity index (χ0n) is 8.53. The van der Waals surface area contributed by atoms with Crippen molar-refractivity contribution in [3.8, 4) is 0 Å². The Kier molecular flexibility index (Phi) is 1.62. The van der Waals surface area contributed by atoms with Crippen molar-refractivity contribution in [1.82, 2.24) is 4.98 Å². The van der Waals surface area contributed by atoms with Crippen molar-refractivity contribution in [1.29, 1.82) is 0 Å². The second-order valence-electron chi connectivity index (χ2n) is 4.00. The number of nitrogens with one attached hydrogen (secondary N) is 1. The molecule has 0 aliphatic heterocycles. The summed E-state index contributed by atoms with van der Waals surface area (Å²) in [5.41, 5.74) is 2.58. The van der Waals surface area contributed by atoms with Crippen molar-refractivity contribution >= 4 is 46.0 Å². The van der Waals surface area contributed by atoms with Crippen LogP contribution in [0.4, 0.5) is 0 Å². The SMILES string of the molecule is c1ccc2c(c1)[nH]c1c2ccc2cc[se]c21. The summed E-state index contributed by atoms with van der Waals surface area (Å²) in [6.45, 7) is 0. The molecule has 0 aliphatic carbocycles. The fourth-order valence-corrected chi connectivity index (χ4v) is 4.23. The molecule has 1 N–H and O–H groups in total. The average Bonchev–Trinajstić information content (AvgIpc) is 2.92. The molecule has 2 heterocycles. The molecule has 0 unspecified atom stereocenters. The Morgan fingerprint density at radius 1 is 0.875 bits per heavy atom. The Balaban J connectivity index is 2.38. The molecule has 0 saturated carbocycles. The molecule has 2 aromatic carbocycles. The first-order valence-corrected chi connectivity index (χ1v) is 7.15. The van der Waals surface area contributed by atoms with E-state index in [0.717, 1.165) is 0 Å². The number of aromatic amines is 1. The van der Waals surface area contributed by atoms with Gasteiger partial charge in [-0.25, -0.2) is 0 Å². The first kappa shape index (κ1) is 8.63. The number of hydrogen-bond donors (Lipinski definition) is 1. The Morgan fingerprint density at radius 2 is 1.81 bits per heavy atom. The van der Waals surface area contributed by atoms with E-state index in [1.807, 2.05) is 0 Å². The molecule has 4 aromatic rings. The van der Waals surface area contributed by atoms with E-state index < -0.39 is 0 Å². The summed E-state index contributed by atoms with van der Waals surface area (Å²) in [7, 11) is 0. The van der Waals surface area contributed by atoms with Gasteiger partial charge in [0.1, 0.15) is 0 Å². The minimum atomic E-state index is 0.496. The molecule has 4 rings (SSSR count). The van der Waals surface area contributed by atoms with Crippen LogP contribution in [0.1, 0.15) is 0 Å². The van der Waals surface area contributed by atoms with Gasteiger partial charge in [0.05, 0.1) is 0 Å². The zero-order valence-corrected chi connectivity index (χ0v) is 10.2. The number of hydrogen-bond acceptors (Lipinski definition) is 0. The van der Waals surface area contributed by atoms with Crippen molar-refractivity contribution in [2.75, 3.05) is 0 Å². The quantitative estimate of drug-likeness (QED) is 0.470. The minimum absolute atomic E-state index is 0.496. The summed E-state index contributed by atoms with van der Waals surface area (Å²) in [4.78, 5) is 5.85. The molecule has 16 heavy (non-hydrogen) atoms. The number of H-pyrrole nitrogens is 1. The topological polar surface area (TPSA) is 15.8 Å². The number of benzene rings is 2. The molecule has 0 radical (unpaired) electrons. The van der Waals surface area contributed by atoms with Gasteiger partial charge >= 0.3 is 98.3 Å². The van der Waals surface area contributed by atoms with Gasteiger partial charge in [0.15, 0.2) is 0 Å². The molecule has 0 fully saturated rings. The number of para-hydroxylation sites is 1. The van der Waals surface area contributed by atoms with Gasteiger partial charge in [-0.15, -0.1) is 0 Å². The van der Waals surface area contributed by atoms with Gasteiger partial charge in [-0.05, 0) is 0 Å². The molecular weight excluding hydrogens is 261 g/mol. The molecule has 0 bridgehead atoms. The monoisotopic (exact) mass is 271 g/mol. The molecule has 0 saturated heterocycles. The van der Waals surface area contributed by atoms with Gasteiger partial charge in [0.25, 0.3) is 0 Å². The number of rotatable bonds is 0. The summed E-state index contributed by atoms with van der Waals surface area (Å²) in [5, 5.41) is 4.09. The van der Waals surface area contributed by atoms with Crippen LogP contribution in [0.15, 0.2) is 47.4 Å². The maximum absolute atomic E-state index is 3.55. The first-order valence-electron chi connectivity index (χ1n) is 5.30.